The van der Waals surface area contributed by atoms with E-state index in [-0.39, 0.29) is 12.4 Å². The van der Waals surface area contributed by atoms with Gasteiger partial charge in [0.1, 0.15) is 0 Å². The number of ether oxygens (including phenoxy) is 1. The molecule has 20 heavy (non-hydrogen) atoms. The molecule has 2 heterocycles. The van der Waals surface area contributed by atoms with Gasteiger partial charge in [0.15, 0.2) is 5.13 Å². The first-order chi connectivity index (χ1) is 9.63. The van der Waals surface area contributed by atoms with Gasteiger partial charge in [0, 0.05) is 31.1 Å². The van der Waals surface area contributed by atoms with Crippen LogP contribution in [0.25, 0.3) is 0 Å². The topological polar surface area (TPSA) is 45.7 Å². The van der Waals surface area contributed by atoms with E-state index in [1.807, 2.05) is 12.3 Å². The molecule has 2 rings (SSSR count). The van der Waals surface area contributed by atoms with Crippen LogP contribution in [0.15, 0.2) is 5.38 Å². The third kappa shape index (κ3) is 3.70. The summed E-state index contributed by atoms with van der Waals surface area (Å²) in [5.74, 6) is -0.200. The van der Waals surface area contributed by atoms with Crippen LogP contribution in [0.1, 0.15) is 26.5 Å². The number of nitrogens with zero attached hydrogens (tertiary/aromatic N) is 3. The number of anilines is 1. The molecule has 1 aliphatic heterocycles. The lowest BCUT2D eigenvalue weighted by molar-refractivity contribution is -0.142. The summed E-state index contributed by atoms with van der Waals surface area (Å²) in [5.41, 5.74) is 0.814. The molecule has 0 radical (unpaired) electrons. The summed E-state index contributed by atoms with van der Waals surface area (Å²) in [6.45, 7) is 10.9. The summed E-state index contributed by atoms with van der Waals surface area (Å²) < 4.78 is 4.95. The van der Waals surface area contributed by atoms with Gasteiger partial charge in [-0.15, -0.1) is 11.3 Å². The summed E-state index contributed by atoms with van der Waals surface area (Å²) in [4.78, 5) is 20.8. The van der Waals surface area contributed by atoms with Crippen molar-refractivity contribution in [1.82, 2.24) is 9.88 Å². The minimum Gasteiger partial charge on any atom is -0.466 e. The fraction of sp³-hybridized carbons (Fsp3) is 0.714. The van der Waals surface area contributed by atoms with E-state index in [2.05, 4.69) is 28.6 Å². The second-order valence-corrected chi connectivity index (χ2v) is 5.86. The highest BCUT2D eigenvalue weighted by atomic mass is 32.1. The fourth-order valence-electron chi connectivity index (χ4n) is 2.52. The Morgan fingerprint density at radius 2 is 2.30 bits per heavy atom. The molecule has 112 valence electrons. The molecule has 1 aliphatic rings. The molecule has 0 N–H and O–H groups in total. The molecule has 1 aromatic heterocycles. The number of carbonyl (C=O) groups excluding carboxylic acids is 1. The predicted octanol–water partition coefficient (Wildman–Crippen LogP) is 1.78. The quantitative estimate of drug-likeness (QED) is 0.775. The molecule has 0 bridgehead atoms. The number of esters is 1. The van der Waals surface area contributed by atoms with Gasteiger partial charge in [-0.1, -0.05) is 6.92 Å². The third-order valence-electron chi connectivity index (χ3n) is 3.61. The zero-order chi connectivity index (χ0) is 14.5. The van der Waals surface area contributed by atoms with Crippen molar-refractivity contribution in [3.8, 4) is 0 Å². The average Bonchev–Trinajstić information content (AvgIpc) is 2.87. The van der Waals surface area contributed by atoms with E-state index >= 15 is 0 Å². The van der Waals surface area contributed by atoms with Crippen molar-refractivity contribution in [2.75, 3.05) is 37.7 Å². The van der Waals surface area contributed by atoms with Crippen LogP contribution < -0.4 is 4.90 Å². The normalized spacial score (nSPS) is 20.1. The summed E-state index contributed by atoms with van der Waals surface area (Å²) >= 11 is 1.62. The Hall–Kier alpha value is -1.14. The van der Waals surface area contributed by atoms with Gasteiger partial charge in [-0.3, -0.25) is 9.69 Å². The highest BCUT2D eigenvalue weighted by Crippen LogP contribution is 2.23. The lowest BCUT2D eigenvalue weighted by Gasteiger charge is -2.39. The van der Waals surface area contributed by atoms with Crippen molar-refractivity contribution in [2.24, 2.45) is 0 Å². The summed E-state index contributed by atoms with van der Waals surface area (Å²) in [6.07, 6.45) is 0.273. The van der Waals surface area contributed by atoms with Crippen LogP contribution in [0.4, 0.5) is 5.13 Å². The molecule has 6 heteroatoms. The Labute approximate surface area is 124 Å². The second-order valence-electron chi connectivity index (χ2n) is 5.03. The maximum atomic E-state index is 11.5. The number of piperazine rings is 1. The number of aromatic nitrogens is 1. The van der Waals surface area contributed by atoms with Crippen LogP contribution in [0.2, 0.25) is 0 Å². The number of likely N-dealkylation sites (N-methyl/N-ethyl adjacent to an activating group) is 1. The number of hydrogen-bond donors (Lipinski definition) is 0. The van der Waals surface area contributed by atoms with Crippen LogP contribution in [0.5, 0.6) is 0 Å². The molecule has 0 aromatic carbocycles. The molecule has 0 amide bonds. The molecule has 1 aromatic rings. The van der Waals surface area contributed by atoms with E-state index in [0.717, 1.165) is 37.0 Å². The largest absolute Gasteiger partial charge is 0.466 e. The standard InChI is InChI=1S/C14H23N3O2S/c1-4-16-6-7-17(9-11(16)3)14-15-12(10-20-14)8-13(18)19-5-2/h10-11H,4-9H2,1-3H3. The fourth-order valence-corrected chi connectivity index (χ4v) is 3.38. The van der Waals surface area contributed by atoms with Gasteiger partial charge >= 0.3 is 5.97 Å². The molecule has 1 fully saturated rings. The number of hydrogen-bond acceptors (Lipinski definition) is 6. The third-order valence-corrected chi connectivity index (χ3v) is 4.56. The molecule has 0 aliphatic carbocycles. The maximum absolute atomic E-state index is 11.5. The molecule has 0 spiro atoms. The first-order valence-corrected chi connectivity index (χ1v) is 8.11. The highest BCUT2D eigenvalue weighted by Gasteiger charge is 2.24. The van der Waals surface area contributed by atoms with Crippen molar-refractivity contribution in [3.63, 3.8) is 0 Å². The zero-order valence-electron chi connectivity index (χ0n) is 12.5. The maximum Gasteiger partial charge on any atom is 0.311 e. The number of thiazole rings is 1. The van der Waals surface area contributed by atoms with Crippen LogP contribution in [0.3, 0.4) is 0 Å². The van der Waals surface area contributed by atoms with Gasteiger partial charge in [0.05, 0.1) is 18.7 Å². The second kappa shape index (κ2) is 7.04. The smallest absolute Gasteiger partial charge is 0.311 e. The molecule has 1 unspecified atom stereocenters. The molecular formula is C14H23N3O2S. The van der Waals surface area contributed by atoms with E-state index in [1.165, 1.54) is 0 Å². The van der Waals surface area contributed by atoms with E-state index < -0.39 is 0 Å². The Kier molecular flexibility index (Phi) is 5.37. The van der Waals surface area contributed by atoms with Gasteiger partial charge in [0.25, 0.3) is 0 Å². The Balaban J connectivity index is 1.94. The van der Waals surface area contributed by atoms with E-state index in [0.29, 0.717) is 12.6 Å². The van der Waals surface area contributed by atoms with Gasteiger partial charge in [-0.2, -0.15) is 0 Å². The van der Waals surface area contributed by atoms with Gasteiger partial charge < -0.3 is 9.64 Å². The molecular weight excluding hydrogens is 274 g/mol. The summed E-state index contributed by atoms with van der Waals surface area (Å²) in [6, 6.07) is 0.547. The highest BCUT2D eigenvalue weighted by molar-refractivity contribution is 7.13. The van der Waals surface area contributed by atoms with Gasteiger partial charge in [0.2, 0.25) is 0 Å². The number of rotatable bonds is 5. The van der Waals surface area contributed by atoms with Crippen LogP contribution in [0, 0.1) is 0 Å². The summed E-state index contributed by atoms with van der Waals surface area (Å²) in [7, 11) is 0. The van der Waals surface area contributed by atoms with E-state index in [9.17, 15) is 4.79 Å². The Morgan fingerprint density at radius 3 is 2.95 bits per heavy atom. The van der Waals surface area contributed by atoms with Crippen molar-refractivity contribution in [3.05, 3.63) is 11.1 Å². The summed E-state index contributed by atoms with van der Waals surface area (Å²) in [5, 5.41) is 2.98. The van der Waals surface area contributed by atoms with Crippen molar-refractivity contribution < 1.29 is 9.53 Å². The molecule has 0 saturated carbocycles. The van der Waals surface area contributed by atoms with Gasteiger partial charge in [-0.25, -0.2) is 4.98 Å². The Bertz CT molecular complexity index is 449. The molecule has 1 saturated heterocycles. The van der Waals surface area contributed by atoms with Crippen LogP contribution in [-0.2, 0) is 16.0 Å². The first kappa shape index (κ1) is 15.3. The van der Waals surface area contributed by atoms with E-state index in [4.69, 9.17) is 4.74 Å². The SMILES string of the molecule is CCOC(=O)Cc1csc(N2CCN(CC)C(C)C2)n1. The van der Waals surface area contributed by atoms with Crippen molar-refractivity contribution >= 4 is 22.4 Å². The lowest BCUT2D eigenvalue weighted by atomic mass is 10.2. The zero-order valence-corrected chi connectivity index (χ0v) is 13.3. The monoisotopic (exact) mass is 297 g/mol. The number of carbonyl (C=O) groups is 1. The molecule has 1 atom stereocenters. The Morgan fingerprint density at radius 1 is 1.50 bits per heavy atom. The van der Waals surface area contributed by atoms with Crippen molar-refractivity contribution in [2.45, 2.75) is 33.2 Å². The van der Waals surface area contributed by atoms with E-state index in [1.54, 1.807) is 11.3 Å². The van der Waals surface area contributed by atoms with Crippen LogP contribution in [-0.4, -0.2) is 54.7 Å². The predicted molar refractivity (Wildman–Crippen MR) is 81.4 cm³/mol. The van der Waals surface area contributed by atoms with Crippen LogP contribution >= 0.6 is 11.3 Å². The van der Waals surface area contributed by atoms with Gasteiger partial charge in [-0.05, 0) is 20.4 Å². The molecule has 5 nitrogen and oxygen atoms in total. The average molecular weight is 297 g/mol. The van der Waals surface area contributed by atoms with Crippen molar-refractivity contribution in [1.29, 1.82) is 0 Å². The minimum atomic E-state index is -0.200. The lowest BCUT2D eigenvalue weighted by Crippen LogP contribution is -2.51. The first-order valence-electron chi connectivity index (χ1n) is 7.23. The minimum absolute atomic E-state index is 0.200.